The van der Waals surface area contributed by atoms with Crippen LogP contribution in [0.25, 0.3) is 0 Å². The van der Waals surface area contributed by atoms with Crippen LogP contribution in [0.2, 0.25) is 0 Å². The number of hydrogen-bond acceptors (Lipinski definition) is 3. The van der Waals surface area contributed by atoms with Crippen LogP contribution in [0.15, 0.2) is 48.5 Å². The summed E-state index contributed by atoms with van der Waals surface area (Å²) in [4.78, 5) is 15.1. The van der Waals surface area contributed by atoms with E-state index in [1.807, 2.05) is 12.1 Å². The number of rotatable bonds is 5. The van der Waals surface area contributed by atoms with E-state index in [0.717, 1.165) is 44.4 Å². The van der Waals surface area contributed by atoms with E-state index in [2.05, 4.69) is 46.6 Å². The fourth-order valence-electron chi connectivity index (χ4n) is 4.55. The molecule has 1 fully saturated rings. The number of carbonyl (C=O) groups is 1. The van der Waals surface area contributed by atoms with Crippen LogP contribution >= 0.6 is 0 Å². The molecular weight excluding hydrogens is 336 g/mol. The highest BCUT2D eigenvalue weighted by Gasteiger charge is 2.29. The van der Waals surface area contributed by atoms with Crippen molar-refractivity contribution in [3.8, 4) is 5.75 Å². The van der Waals surface area contributed by atoms with Gasteiger partial charge in [-0.25, -0.2) is 0 Å². The Morgan fingerprint density at radius 3 is 2.74 bits per heavy atom. The third-order valence-corrected chi connectivity index (χ3v) is 5.92. The summed E-state index contributed by atoms with van der Waals surface area (Å²) in [5, 5.41) is 3.29. The smallest absolute Gasteiger partial charge is 0.234 e. The highest BCUT2D eigenvalue weighted by Crippen LogP contribution is 2.33. The molecule has 0 spiro atoms. The van der Waals surface area contributed by atoms with Crippen LogP contribution in [0.4, 0.5) is 0 Å². The minimum absolute atomic E-state index is 0.136. The Morgan fingerprint density at radius 1 is 1.11 bits per heavy atom. The van der Waals surface area contributed by atoms with E-state index in [0.29, 0.717) is 12.6 Å². The third-order valence-electron chi connectivity index (χ3n) is 5.92. The summed E-state index contributed by atoms with van der Waals surface area (Å²) < 4.78 is 5.26. The van der Waals surface area contributed by atoms with Crippen LogP contribution in [0.5, 0.6) is 5.75 Å². The molecule has 4 heteroatoms. The van der Waals surface area contributed by atoms with Crippen molar-refractivity contribution in [2.45, 2.75) is 44.2 Å². The van der Waals surface area contributed by atoms with E-state index in [-0.39, 0.29) is 11.9 Å². The molecule has 2 aromatic rings. The van der Waals surface area contributed by atoms with Crippen molar-refractivity contribution in [2.75, 3.05) is 20.2 Å². The molecule has 2 aliphatic rings. The summed E-state index contributed by atoms with van der Waals surface area (Å²) in [6.45, 7) is 1.45. The molecule has 0 saturated carbocycles. The number of benzene rings is 2. The van der Waals surface area contributed by atoms with Gasteiger partial charge in [0.05, 0.1) is 19.7 Å². The summed E-state index contributed by atoms with van der Waals surface area (Å²) in [6.07, 6.45) is 5.53. The number of nitrogens with zero attached hydrogens (tertiary/aromatic N) is 1. The standard InChI is InChI=1S/C23H28N2O2/c1-27-19-13-11-18(12-14-19)22-10-5-15-25(22)16-23(26)24-21-9-4-7-17-6-2-3-8-20(17)21/h2-3,6,8,11-14,21-22H,4-5,7,9-10,15-16H2,1H3,(H,24,26)/t21-,22+/m1/s1. The first-order chi connectivity index (χ1) is 13.2. The number of methoxy groups -OCH3 is 1. The summed E-state index contributed by atoms with van der Waals surface area (Å²) in [5.41, 5.74) is 3.95. The number of carbonyl (C=O) groups excluding carboxylic acids is 1. The molecule has 1 saturated heterocycles. The normalized spacial score (nSPS) is 22.3. The van der Waals surface area contributed by atoms with Crippen LogP contribution in [-0.4, -0.2) is 31.0 Å². The number of hydrogen-bond donors (Lipinski definition) is 1. The zero-order valence-corrected chi connectivity index (χ0v) is 16.0. The van der Waals surface area contributed by atoms with E-state index < -0.39 is 0 Å². The third kappa shape index (κ3) is 4.01. The molecule has 1 aliphatic carbocycles. The Hall–Kier alpha value is -2.33. The Balaban J connectivity index is 1.40. The van der Waals surface area contributed by atoms with Gasteiger partial charge in [0.2, 0.25) is 5.91 Å². The Morgan fingerprint density at radius 2 is 1.93 bits per heavy atom. The van der Waals surface area contributed by atoms with Gasteiger partial charge < -0.3 is 10.1 Å². The van der Waals surface area contributed by atoms with Gasteiger partial charge in [0.15, 0.2) is 0 Å². The largest absolute Gasteiger partial charge is 0.497 e. The summed E-state index contributed by atoms with van der Waals surface area (Å²) in [5.74, 6) is 1.01. The molecular formula is C23H28N2O2. The van der Waals surface area contributed by atoms with Crippen LogP contribution < -0.4 is 10.1 Å². The molecule has 1 N–H and O–H groups in total. The first-order valence-corrected chi connectivity index (χ1v) is 10.00. The number of likely N-dealkylation sites (tertiary alicyclic amines) is 1. The van der Waals surface area contributed by atoms with Crippen LogP contribution in [-0.2, 0) is 11.2 Å². The molecule has 2 atom stereocenters. The van der Waals surface area contributed by atoms with E-state index in [1.165, 1.54) is 16.7 Å². The molecule has 1 amide bonds. The maximum Gasteiger partial charge on any atom is 0.234 e. The van der Waals surface area contributed by atoms with Crippen molar-refractivity contribution < 1.29 is 9.53 Å². The maximum atomic E-state index is 12.8. The number of amides is 1. The molecule has 0 radical (unpaired) electrons. The van der Waals surface area contributed by atoms with Gasteiger partial charge in [0.1, 0.15) is 5.75 Å². The van der Waals surface area contributed by atoms with Gasteiger partial charge in [-0.2, -0.15) is 0 Å². The number of aryl methyl sites for hydroxylation is 1. The molecule has 1 aliphatic heterocycles. The lowest BCUT2D eigenvalue weighted by atomic mass is 9.88. The van der Waals surface area contributed by atoms with Crippen molar-refractivity contribution in [2.24, 2.45) is 0 Å². The van der Waals surface area contributed by atoms with Gasteiger partial charge in [-0.05, 0) is 67.5 Å². The van der Waals surface area contributed by atoms with E-state index in [1.54, 1.807) is 7.11 Å². The molecule has 4 rings (SSSR count). The van der Waals surface area contributed by atoms with E-state index in [4.69, 9.17) is 4.74 Å². The molecule has 142 valence electrons. The maximum absolute atomic E-state index is 12.8. The zero-order valence-electron chi connectivity index (χ0n) is 16.0. The molecule has 4 nitrogen and oxygen atoms in total. The SMILES string of the molecule is COc1ccc([C@@H]2CCCN2CC(=O)N[C@@H]2CCCc3ccccc32)cc1. The van der Waals surface area contributed by atoms with E-state index in [9.17, 15) is 4.79 Å². The second kappa shape index (κ2) is 8.13. The van der Waals surface area contributed by atoms with Gasteiger partial charge in [0, 0.05) is 6.04 Å². The Bertz CT molecular complexity index is 787. The summed E-state index contributed by atoms with van der Waals surface area (Å²) >= 11 is 0. The first kappa shape index (κ1) is 18.1. The van der Waals surface area contributed by atoms with Crippen molar-refractivity contribution in [3.63, 3.8) is 0 Å². The Labute approximate surface area is 161 Å². The summed E-state index contributed by atoms with van der Waals surface area (Å²) in [6, 6.07) is 17.2. The van der Waals surface area contributed by atoms with Crippen LogP contribution in [0, 0.1) is 0 Å². The highest BCUT2D eigenvalue weighted by atomic mass is 16.5. The number of ether oxygens (including phenoxy) is 1. The first-order valence-electron chi connectivity index (χ1n) is 10.00. The lowest BCUT2D eigenvalue weighted by molar-refractivity contribution is -0.123. The molecule has 1 heterocycles. The fourth-order valence-corrected chi connectivity index (χ4v) is 4.55. The average molecular weight is 364 g/mol. The van der Waals surface area contributed by atoms with Gasteiger partial charge in [-0.3, -0.25) is 9.69 Å². The lowest BCUT2D eigenvalue weighted by Gasteiger charge is -2.29. The van der Waals surface area contributed by atoms with Crippen LogP contribution in [0.3, 0.4) is 0 Å². The minimum Gasteiger partial charge on any atom is -0.497 e. The van der Waals surface area contributed by atoms with E-state index >= 15 is 0 Å². The molecule has 0 unspecified atom stereocenters. The predicted molar refractivity (Wildman–Crippen MR) is 107 cm³/mol. The second-order valence-electron chi connectivity index (χ2n) is 7.61. The monoisotopic (exact) mass is 364 g/mol. The van der Waals surface area contributed by atoms with Crippen molar-refractivity contribution >= 4 is 5.91 Å². The van der Waals surface area contributed by atoms with Crippen LogP contribution in [0.1, 0.15) is 54.5 Å². The highest BCUT2D eigenvalue weighted by molar-refractivity contribution is 5.78. The average Bonchev–Trinajstić information content (AvgIpc) is 3.16. The predicted octanol–water partition coefficient (Wildman–Crippen LogP) is 4.03. The van der Waals surface area contributed by atoms with Gasteiger partial charge >= 0.3 is 0 Å². The topological polar surface area (TPSA) is 41.6 Å². The van der Waals surface area contributed by atoms with Crippen molar-refractivity contribution in [1.82, 2.24) is 10.2 Å². The number of nitrogens with one attached hydrogen (secondary N) is 1. The van der Waals surface area contributed by atoms with Gasteiger partial charge in [-0.1, -0.05) is 36.4 Å². The number of fused-ring (bicyclic) bond motifs is 1. The molecule has 2 aromatic carbocycles. The molecule has 27 heavy (non-hydrogen) atoms. The summed E-state index contributed by atoms with van der Waals surface area (Å²) in [7, 11) is 1.69. The van der Waals surface area contributed by atoms with Gasteiger partial charge in [0.25, 0.3) is 0 Å². The molecule has 0 aromatic heterocycles. The fraction of sp³-hybridized carbons (Fsp3) is 0.435. The minimum atomic E-state index is 0.136. The van der Waals surface area contributed by atoms with Crippen molar-refractivity contribution in [3.05, 3.63) is 65.2 Å². The second-order valence-corrected chi connectivity index (χ2v) is 7.61. The Kier molecular flexibility index (Phi) is 5.44. The zero-order chi connectivity index (χ0) is 18.6. The molecule has 0 bridgehead atoms. The van der Waals surface area contributed by atoms with Crippen molar-refractivity contribution in [1.29, 1.82) is 0 Å². The lowest BCUT2D eigenvalue weighted by Crippen LogP contribution is -2.39. The van der Waals surface area contributed by atoms with Gasteiger partial charge in [-0.15, -0.1) is 0 Å². The quantitative estimate of drug-likeness (QED) is 0.871.